The van der Waals surface area contributed by atoms with Gasteiger partial charge in [-0.3, -0.25) is 4.79 Å². The van der Waals surface area contributed by atoms with Crippen molar-refractivity contribution in [2.75, 3.05) is 25.0 Å². The molecule has 0 spiro atoms. The number of pyridine rings is 1. The van der Waals surface area contributed by atoms with Gasteiger partial charge < -0.3 is 15.0 Å². The van der Waals surface area contributed by atoms with Crippen LogP contribution in [0, 0.1) is 25.2 Å². The number of fused-ring (bicyclic) bond motifs is 1. The summed E-state index contributed by atoms with van der Waals surface area (Å²) in [6, 6.07) is 8.88. The van der Waals surface area contributed by atoms with E-state index >= 15 is 4.39 Å². The SMILES string of the molecule is Cc1nc(NC(=O)C2(F)CCN(CCc3ccc4c(c3C)COC4=O)CC2)ccc1C#N. The van der Waals surface area contributed by atoms with Crippen LogP contribution in [0.25, 0.3) is 0 Å². The van der Waals surface area contributed by atoms with E-state index in [1.807, 2.05) is 25.1 Å². The summed E-state index contributed by atoms with van der Waals surface area (Å²) in [4.78, 5) is 30.6. The largest absolute Gasteiger partial charge is 0.457 e. The first-order chi connectivity index (χ1) is 15.3. The predicted molar refractivity (Wildman–Crippen MR) is 116 cm³/mol. The Morgan fingerprint density at radius 3 is 2.72 bits per heavy atom. The third kappa shape index (κ3) is 4.21. The lowest BCUT2D eigenvalue weighted by Gasteiger charge is -2.35. The van der Waals surface area contributed by atoms with Gasteiger partial charge in [-0.1, -0.05) is 6.07 Å². The number of amides is 1. The number of aryl methyl sites for hydroxylation is 1. The number of aromatic nitrogens is 1. The lowest BCUT2D eigenvalue weighted by Crippen LogP contribution is -2.49. The Bertz CT molecular complexity index is 1120. The first-order valence-corrected chi connectivity index (χ1v) is 10.7. The van der Waals surface area contributed by atoms with E-state index in [9.17, 15) is 9.59 Å². The van der Waals surface area contributed by atoms with Gasteiger partial charge in [-0.15, -0.1) is 0 Å². The lowest BCUT2D eigenvalue weighted by atomic mass is 9.91. The first-order valence-electron chi connectivity index (χ1n) is 10.7. The molecule has 2 aromatic rings. The maximum atomic E-state index is 15.3. The van der Waals surface area contributed by atoms with Crippen molar-refractivity contribution < 1.29 is 18.7 Å². The van der Waals surface area contributed by atoms with Crippen molar-refractivity contribution in [3.05, 3.63) is 57.8 Å². The monoisotopic (exact) mass is 436 g/mol. The van der Waals surface area contributed by atoms with Crippen molar-refractivity contribution in [3.8, 4) is 6.07 Å². The van der Waals surface area contributed by atoms with Crippen molar-refractivity contribution in [3.63, 3.8) is 0 Å². The van der Waals surface area contributed by atoms with Crippen LogP contribution in [0.15, 0.2) is 24.3 Å². The molecule has 4 rings (SSSR count). The number of esters is 1. The number of cyclic esters (lactones) is 1. The van der Waals surface area contributed by atoms with Gasteiger partial charge in [0.15, 0.2) is 5.67 Å². The van der Waals surface area contributed by atoms with Gasteiger partial charge in [0.05, 0.1) is 16.8 Å². The van der Waals surface area contributed by atoms with Gasteiger partial charge >= 0.3 is 5.97 Å². The highest BCUT2D eigenvalue weighted by Gasteiger charge is 2.41. The molecule has 0 unspecified atom stereocenters. The van der Waals surface area contributed by atoms with E-state index in [0.717, 1.165) is 29.7 Å². The van der Waals surface area contributed by atoms with E-state index in [2.05, 4.69) is 15.2 Å². The molecule has 1 N–H and O–H groups in total. The maximum absolute atomic E-state index is 15.3. The quantitative estimate of drug-likeness (QED) is 0.723. The van der Waals surface area contributed by atoms with Crippen molar-refractivity contribution in [2.45, 2.75) is 45.4 Å². The number of ether oxygens (including phenoxy) is 1. The second-order valence-corrected chi connectivity index (χ2v) is 8.40. The number of alkyl halides is 1. The number of nitrogens with one attached hydrogen (secondary N) is 1. The van der Waals surface area contributed by atoms with Crippen LogP contribution in [-0.2, 0) is 22.6 Å². The second kappa shape index (κ2) is 8.67. The van der Waals surface area contributed by atoms with E-state index < -0.39 is 11.6 Å². The highest BCUT2D eigenvalue weighted by Crippen LogP contribution is 2.29. The summed E-state index contributed by atoms with van der Waals surface area (Å²) in [7, 11) is 0. The minimum atomic E-state index is -1.94. The summed E-state index contributed by atoms with van der Waals surface area (Å²) in [6.45, 7) is 5.71. The van der Waals surface area contributed by atoms with E-state index in [4.69, 9.17) is 10.00 Å². The molecule has 7 nitrogen and oxygen atoms in total. The number of benzene rings is 1. The molecule has 0 aliphatic carbocycles. The second-order valence-electron chi connectivity index (χ2n) is 8.40. The fraction of sp³-hybridized carbons (Fsp3) is 0.417. The number of nitriles is 1. The van der Waals surface area contributed by atoms with Crippen LogP contribution in [-0.4, -0.2) is 47.1 Å². The van der Waals surface area contributed by atoms with Crippen LogP contribution in [0.4, 0.5) is 10.2 Å². The van der Waals surface area contributed by atoms with Gasteiger partial charge in [0, 0.05) is 38.0 Å². The average Bonchev–Trinajstić information content (AvgIpc) is 3.16. The lowest BCUT2D eigenvalue weighted by molar-refractivity contribution is -0.130. The third-order valence-electron chi connectivity index (χ3n) is 6.48. The van der Waals surface area contributed by atoms with Crippen LogP contribution in [0.3, 0.4) is 0 Å². The van der Waals surface area contributed by atoms with Crippen LogP contribution >= 0.6 is 0 Å². The van der Waals surface area contributed by atoms with E-state index in [-0.39, 0.29) is 24.6 Å². The number of likely N-dealkylation sites (tertiary alicyclic amines) is 1. The molecule has 1 aromatic heterocycles. The van der Waals surface area contributed by atoms with Crippen LogP contribution < -0.4 is 5.32 Å². The van der Waals surface area contributed by atoms with Crippen LogP contribution in [0.1, 0.15) is 51.1 Å². The number of carbonyl (C=O) groups excluding carboxylic acids is 2. The normalized spacial score (nSPS) is 17.4. The van der Waals surface area contributed by atoms with Crippen molar-refractivity contribution in [1.82, 2.24) is 9.88 Å². The number of piperidine rings is 1. The fourth-order valence-corrected chi connectivity index (χ4v) is 4.28. The van der Waals surface area contributed by atoms with Gasteiger partial charge in [0.25, 0.3) is 5.91 Å². The summed E-state index contributed by atoms with van der Waals surface area (Å²) in [6.07, 6.45) is 1.01. The summed E-state index contributed by atoms with van der Waals surface area (Å²) in [5, 5.41) is 11.5. The molecule has 1 fully saturated rings. The molecule has 1 saturated heterocycles. The van der Waals surface area contributed by atoms with E-state index in [0.29, 0.717) is 36.5 Å². The molecule has 1 aromatic carbocycles. The molecule has 2 aliphatic rings. The number of nitrogens with zero attached hydrogens (tertiary/aromatic N) is 3. The van der Waals surface area contributed by atoms with Crippen molar-refractivity contribution in [1.29, 1.82) is 5.26 Å². The molecule has 3 heterocycles. The molecular weight excluding hydrogens is 411 g/mol. The summed E-state index contributed by atoms with van der Waals surface area (Å²) in [5.41, 5.74) is 2.80. The Morgan fingerprint density at radius 2 is 2.03 bits per heavy atom. The Morgan fingerprint density at radius 1 is 1.28 bits per heavy atom. The number of hydrogen-bond acceptors (Lipinski definition) is 6. The minimum absolute atomic E-state index is 0.111. The van der Waals surface area contributed by atoms with Gasteiger partial charge in [-0.2, -0.15) is 5.26 Å². The van der Waals surface area contributed by atoms with Crippen LogP contribution in [0.2, 0.25) is 0 Å². The molecule has 0 atom stereocenters. The zero-order chi connectivity index (χ0) is 22.9. The molecule has 32 heavy (non-hydrogen) atoms. The highest BCUT2D eigenvalue weighted by atomic mass is 19.1. The molecular formula is C24H25FN4O3. The summed E-state index contributed by atoms with van der Waals surface area (Å²) < 4.78 is 20.4. The minimum Gasteiger partial charge on any atom is -0.457 e. The average molecular weight is 436 g/mol. The molecule has 166 valence electrons. The maximum Gasteiger partial charge on any atom is 0.338 e. The van der Waals surface area contributed by atoms with Crippen LogP contribution in [0.5, 0.6) is 0 Å². The van der Waals surface area contributed by atoms with E-state index in [1.165, 1.54) is 6.07 Å². The highest BCUT2D eigenvalue weighted by molar-refractivity contribution is 5.96. The predicted octanol–water partition coefficient (Wildman–Crippen LogP) is 3.23. The molecule has 1 amide bonds. The molecule has 0 radical (unpaired) electrons. The zero-order valence-electron chi connectivity index (χ0n) is 18.2. The van der Waals surface area contributed by atoms with Crippen molar-refractivity contribution in [2.24, 2.45) is 0 Å². The Hall–Kier alpha value is -3.31. The smallest absolute Gasteiger partial charge is 0.338 e. The van der Waals surface area contributed by atoms with E-state index in [1.54, 1.807) is 13.0 Å². The molecule has 0 saturated carbocycles. The number of halogens is 1. The number of hydrogen-bond donors (Lipinski definition) is 1. The standard InChI is InChI=1S/C24H25FN4O3/c1-15-17(3-5-19-20(15)14-32-22(19)30)7-10-29-11-8-24(25,9-12-29)23(31)28-21-6-4-18(13-26)16(2)27-21/h3-6H,7-12,14H2,1-2H3,(H,27,28,31). The first kappa shape index (κ1) is 21.9. The number of anilines is 1. The Kier molecular flexibility index (Phi) is 5.94. The fourth-order valence-electron chi connectivity index (χ4n) is 4.28. The van der Waals surface area contributed by atoms with Gasteiger partial charge in [0.2, 0.25) is 0 Å². The molecule has 8 heteroatoms. The Balaban J connectivity index is 1.32. The van der Waals surface area contributed by atoms with Gasteiger partial charge in [0.1, 0.15) is 18.5 Å². The van der Waals surface area contributed by atoms with Crippen molar-refractivity contribution >= 4 is 17.7 Å². The van der Waals surface area contributed by atoms with Gasteiger partial charge in [-0.05, 0) is 49.6 Å². The summed E-state index contributed by atoms with van der Waals surface area (Å²) in [5.74, 6) is -0.706. The van der Waals surface area contributed by atoms with Gasteiger partial charge in [-0.25, -0.2) is 14.2 Å². The zero-order valence-corrected chi connectivity index (χ0v) is 18.2. The number of rotatable bonds is 5. The third-order valence-corrected chi connectivity index (χ3v) is 6.48. The topological polar surface area (TPSA) is 95.3 Å². The molecule has 2 aliphatic heterocycles. The number of carbonyl (C=O) groups is 2. The molecule has 0 bridgehead atoms. The Labute approximate surface area is 186 Å². The summed E-state index contributed by atoms with van der Waals surface area (Å²) >= 11 is 0.